The SMILES string of the molecule is CC(C)C(CC(=O)CCCCCCCSCCCCCC(=O)CCCCOCCOCCOCCCCC(=O)CCC(=O)O)C(C)(C)C.O=C=O. The summed E-state index contributed by atoms with van der Waals surface area (Å²) in [4.78, 5) is 62.8. The molecule has 298 valence electrons. The van der Waals surface area contributed by atoms with Crippen molar-refractivity contribution in [1.29, 1.82) is 0 Å². The number of hydrogen-bond donors (Lipinski definition) is 1. The van der Waals surface area contributed by atoms with Crippen molar-refractivity contribution in [2.45, 2.75) is 157 Å². The zero-order chi connectivity index (χ0) is 38.6. The Labute approximate surface area is 313 Å². The predicted molar refractivity (Wildman–Crippen MR) is 203 cm³/mol. The highest BCUT2D eigenvalue weighted by Crippen LogP contribution is 2.35. The number of hydrogen-bond acceptors (Lipinski definition) is 10. The second-order valence-electron chi connectivity index (χ2n) is 14.7. The summed E-state index contributed by atoms with van der Waals surface area (Å²) >= 11 is 2.04. The molecule has 0 aromatic rings. The van der Waals surface area contributed by atoms with E-state index in [2.05, 4.69) is 34.6 Å². The Hall–Kier alpha value is -1.91. The number of unbranched alkanes of at least 4 members (excludes halogenated alkanes) is 8. The Bertz CT molecular complexity index is 909. The summed E-state index contributed by atoms with van der Waals surface area (Å²) in [7, 11) is 0. The van der Waals surface area contributed by atoms with Crippen LogP contribution < -0.4 is 0 Å². The molecule has 1 unspecified atom stereocenters. The highest BCUT2D eigenvalue weighted by molar-refractivity contribution is 7.99. The van der Waals surface area contributed by atoms with Crippen molar-refractivity contribution in [3.8, 4) is 0 Å². The molecule has 11 heteroatoms. The van der Waals surface area contributed by atoms with E-state index in [4.69, 9.17) is 28.9 Å². The van der Waals surface area contributed by atoms with Crippen LogP contribution in [0, 0.1) is 17.3 Å². The molecule has 0 spiro atoms. The number of carboxylic acid groups (broad SMARTS) is 1. The van der Waals surface area contributed by atoms with Crippen LogP contribution in [0.15, 0.2) is 0 Å². The number of carbonyl (C=O) groups excluding carboxylic acids is 5. The molecule has 0 aliphatic carbocycles. The summed E-state index contributed by atoms with van der Waals surface area (Å²) in [6.45, 7) is 14.5. The van der Waals surface area contributed by atoms with Gasteiger partial charge in [0, 0.05) is 51.7 Å². The molecule has 1 atom stereocenters. The largest absolute Gasteiger partial charge is 0.481 e. The van der Waals surface area contributed by atoms with Crippen LogP contribution in [0.5, 0.6) is 0 Å². The van der Waals surface area contributed by atoms with Gasteiger partial charge < -0.3 is 19.3 Å². The summed E-state index contributed by atoms with van der Waals surface area (Å²) < 4.78 is 16.6. The first kappa shape index (κ1) is 51.2. The van der Waals surface area contributed by atoms with Crippen molar-refractivity contribution in [1.82, 2.24) is 0 Å². The van der Waals surface area contributed by atoms with Crippen molar-refractivity contribution in [2.24, 2.45) is 17.3 Å². The van der Waals surface area contributed by atoms with Crippen LogP contribution in [0.3, 0.4) is 0 Å². The fourth-order valence-corrected chi connectivity index (χ4v) is 6.86. The van der Waals surface area contributed by atoms with E-state index < -0.39 is 5.97 Å². The predicted octanol–water partition coefficient (Wildman–Crippen LogP) is 8.71. The third-order valence-electron chi connectivity index (χ3n) is 8.70. The molecule has 0 aromatic heterocycles. The summed E-state index contributed by atoms with van der Waals surface area (Å²) in [6.07, 6.45) is 16.0. The number of ether oxygens (including phenoxy) is 3. The molecule has 0 amide bonds. The molecule has 51 heavy (non-hydrogen) atoms. The topological polar surface area (TPSA) is 150 Å². The van der Waals surface area contributed by atoms with Crippen LogP contribution in [-0.4, -0.2) is 85.7 Å². The molecule has 0 radical (unpaired) electrons. The number of carbonyl (C=O) groups is 4. The Morgan fingerprint density at radius 1 is 0.549 bits per heavy atom. The van der Waals surface area contributed by atoms with E-state index in [9.17, 15) is 19.2 Å². The summed E-state index contributed by atoms with van der Waals surface area (Å²) in [5, 5.41) is 8.57. The first-order valence-corrected chi connectivity index (χ1v) is 20.6. The van der Waals surface area contributed by atoms with Crippen molar-refractivity contribution >= 4 is 41.2 Å². The number of Topliss-reactive ketones (excluding diaryl/α,β-unsaturated/α-hetero) is 3. The quantitative estimate of drug-likeness (QED) is 0.0614. The monoisotopic (exact) mass is 744 g/mol. The zero-order valence-electron chi connectivity index (χ0n) is 32.8. The van der Waals surface area contributed by atoms with Gasteiger partial charge in [0.15, 0.2) is 0 Å². The zero-order valence-corrected chi connectivity index (χ0v) is 33.6. The molecule has 0 saturated heterocycles. The van der Waals surface area contributed by atoms with E-state index in [-0.39, 0.29) is 30.2 Å². The Balaban J connectivity index is 0. The fraction of sp³-hybridized carbons (Fsp3) is 0.875. The highest BCUT2D eigenvalue weighted by Gasteiger charge is 2.29. The first-order valence-electron chi connectivity index (χ1n) is 19.4. The lowest BCUT2D eigenvalue weighted by Crippen LogP contribution is -2.27. The summed E-state index contributed by atoms with van der Waals surface area (Å²) in [5.41, 5.74) is 0.191. The average molecular weight is 745 g/mol. The molecule has 0 aliphatic rings. The van der Waals surface area contributed by atoms with Crippen molar-refractivity contribution in [3.05, 3.63) is 0 Å². The maximum atomic E-state index is 12.5. The molecule has 0 aliphatic heterocycles. The van der Waals surface area contributed by atoms with Gasteiger partial charge in [0.1, 0.15) is 17.3 Å². The Morgan fingerprint density at radius 3 is 1.37 bits per heavy atom. The Kier molecular flexibility index (Phi) is 36.6. The van der Waals surface area contributed by atoms with Gasteiger partial charge in [0.25, 0.3) is 0 Å². The number of ketones is 3. The van der Waals surface area contributed by atoms with Crippen LogP contribution in [-0.2, 0) is 43.0 Å². The van der Waals surface area contributed by atoms with Gasteiger partial charge in [-0.1, -0.05) is 60.3 Å². The smallest absolute Gasteiger partial charge is 0.373 e. The normalized spacial score (nSPS) is 11.9. The minimum absolute atomic E-state index is 0.00838. The van der Waals surface area contributed by atoms with Crippen LogP contribution in [0.4, 0.5) is 0 Å². The minimum atomic E-state index is -0.936. The van der Waals surface area contributed by atoms with Gasteiger partial charge in [-0.05, 0) is 80.1 Å². The maximum absolute atomic E-state index is 12.5. The van der Waals surface area contributed by atoms with E-state index in [1.807, 2.05) is 11.8 Å². The molecule has 10 nitrogen and oxygen atoms in total. The average Bonchev–Trinajstić information content (AvgIpc) is 3.06. The molecular formula is C40H72O10S. The van der Waals surface area contributed by atoms with E-state index in [0.717, 1.165) is 51.4 Å². The van der Waals surface area contributed by atoms with Gasteiger partial charge in [-0.15, -0.1) is 0 Å². The number of carboxylic acids is 1. The van der Waals surface area contributed by atoms with Crippen molar-refractivity contribution < 1.29 is 48.1 Å². The second-order valence-corrected chi connectivity index (χ2v) is 15.9. The van der Waals surface area contributed by atoms with E-state index >= 15 is 0 Å². The molecule has 0 aromatic carbocycles. The maximum Gasteiger partial charge on any atom is 0.373 e. The molecule has 0 saturated carbocycles. The molecule has 0 bridgehead atoms. The second kappa shape index (κ2) is 36.4. The standard InChI is InChI=1S/C39H72O8S.CO2/c1-33(2)37(39(3,4)5)32-36(42)21-10-7-6-8-16-30-48-31-17-9-11-18-34(40)19-12-14-24-45-26-28-47-29-27-46-25-15-13-20-35(41)22-23-38(43)44;2-1-3/h33,37H,6-32H2,1-5H3,(H,43,44);. The van der Waals surface area contributed by atoms with Crippen LogP contribution in [0.2, 0.25) is 0 Å². The molecule has 0 rings (SSSR count). The lowest BCUT2D eigenvalue weighted by atomic mass is 9.71. The molecule has 0 fully saturated rings. The fourth-order valence-electron chi connectivity index (χ4n) is 5.84. The van der Waals surface area contributed by atoms with Crippen LogP contribution in [0.1, 0.15) is 157 Å². The molecule has 1 N–H and O–H groups in total. The highest BCUT2D eigenvalue weighted by atomic mass is 32.2. The molecular weight excluding hydrogens is 672 g/mol. The number of aliphatic carboxylic acids is 1. The summed E-state index contributed by atoms with van der Waals surface area (Å²) in [5.74, 6) is 3.28. The van der Waals surface area contributed by atoms with E-state index in [1.54, 1.807) is 0 Å². The first-order chi connectivity index (χ1) is 24.3. The minimum Gasteiger partial charge on any atom is -0.481 e. The van der Waals surface area contributed by atoms with Crippen molar-refractivity contribution in [3.63, 3.8) is 0 Å². The van der Waals surface area contributed by atoms with Gasteiger partial charge in [0.2, 0.25) is 0 Å². The number of rotatable bonds is 36. The van der Waals surface area contributed by atoms with Crippen LogP contribution in [0.25, 0.3) is 0 Å². The van der Waals surface area contributed by atoms with Crippen molar-refractivity contribution in [2.75, 3.05) is 51.1 Å². The van der Waals surface area contributed by atoms with Gasteiger partial charge in [-0.2, -0.15) is 21.4 Å². The lowest BCUT2D eigenvalue weighted by molar-refractivity contribution is -0.191. The van der Waals surface area contributed by atoms with E-state index in [0.29, 0.717) is 88.7 Å². The third kappa shape index (κ3) is 39.1. The Morgan fingerprint density at radius 2 is 0.922 bits per heavy atom. The lowest BCUT2D eigenvalue weighted by Gasteiger charge is -2.33. The van der Waals surface area contributed by atoms with Gasteiger partial charge in [-0.3, -0.25) is 19.2 Å². The van der Waals surface area contributed by atoms with Gasteiger partial charge >= 0.3 is 12.1 Å². The summed E-state index contributed by atoms with van der Waals surface area (Å²) in [6, 6.07) is 0. The van der Waals surface area contributed by atoms with E-state index in [1.165, 1.54) is 43.6 Å². The van der Waals surface area contributed by atoms with Crippen LogP contribution >= 0.6 is 11.8 Å². The van der Waals surface area contributed by atoms with Gasteiger partial charge in [-0.25, -0.2) is 0 Å². The third-order valence-corrected chi connectivity index (χ3v) is 9.86. The van der Waals surface area contributed by atoms with Gasteiger partial charge in [0.05, 0.1) is 32.8 Å². The number of thioether (sulfide) groups is 1. The molecule has 0 heterocycles.